The zero-order valence-corrected chi connectivity index (χ0v) is 12.7. The Morgan fingerprint density at radius 2 is 2.05 bits per heavy atom. The van der Waals surface area contributed by atoms with E-state index in [0.29, 0.717) is 13.0 Å². The van der Waals surface area contributed by atoms with Crippen LogP contribution in [0.3, 0.4) is 0 Å². The van der Waals surface area contributed by atoms with Crippen molar-refractivity contribution in [1.82, 2.24) is 15.1 Å². The van der Waals surface area contributed by atoms with Crippen LogP contribution in [-0.2, 0) is 0 Å². The number of urea groups is 1. The minimum atomic E-state index is -4.21. The average molecular weight is 311 g/mol. The Morgan fingerprint density at radius 1 is 1.43 bits per heavy atom. The highest BCUT2D eigenvalue weighted by atomic mass is 19.4. The van der Waals surface area contributed by atoms with E-state index in [1.54, 1.807) is 6.92 Å². The minimum absolute atomic E-state index is 0.0905. The Morgan fingerprint density at radius 3 is 2.52 bits per heavy atom. The lowest BCUT2D eigenvalue weighted by atomic mass is 10.2. The Labute approximate surface area is 123 Å². The van der Waals surface area contributed by atoms with Crippen LogP contribution < -0.4 is 5.32 Å². The first kappa shape index (κ1) is 18.0. The fourth-order valence-corrected chi connectivity index (χ4v) is 2.42. The summed E-state index contributed by atoms with van der Waals surface area (Å²) >= 11 is 0. The molecule has 1 rings (SSSR count). The molecule has 0 aliphatic carbocycles. The molecule has 1 aliphatic rings. The summed E-state index contributed by atoms with van der Waals surface area (Å²) in [5.41, 5.74) is 0. The molecule has 124 valence electrons. The number of nitrogens with zero attached hydrogens (tertiary/aromatic N) is 2. The molecular formula is C13H24F3N3O2. The molecule has 0 saturated carbocycles. The van der Waals surface area contributed by atoms with E-state index in [9.17, 15) is 23.1 Å². The van der Waals surface area contributed by atoms with E-state index >= 15 is 0 Å². The number of amides is 2. The Bertz CT molecular complexity index is 348. The predicted molar refractivity (Wildman–Crippen MR) is 73.0 cm³/mol. The van der Waals surface area contributed by atoms with Gasteiger partial charge in [-0.15, -0.1) is 0 Å². The highest BCUT2D eigenvalue weighted by molar-refractivity contribution is 5.75. The van der Waals surface area contributed by atoms with Crippen LogP contribution in [0, 0.1) is 0 Å². The van der Waals surface area contributed by atoms with E-state index in [2.05, 4.69) is 5.32 Å². The van der Waals surface area contributed by atoms with Crippen LogP contribution in [-0.4, -0.2) is 71.5 Å². The molecule has 1 heterocycles. The summed E-state index contributed by atoms with van der Waals surface area (Å²) in [6, 6.07) is -0.716. The van der Waals surface area contributed by atoms with E-state index in [-0.39, 0.29) is 31.2 Å². The van der Waals surface area contributed by atoms with Crippen molar-refractivity contribution in [2.75, 3.05) is 26.2 Å². The SMILES string of the molecule is CC(O)CN(C(=O)NC1CCN(CC(F)(F)F)C1)C(C)C. The van der Waals surface area contributed by atoms with Gasteiger partial charge < -0.3 is 15.3 Å². The molecule has 2 atom stereocenters. The van der Waals surface area contributed by atoms with Crippen molar-refractivity contribution in [2.24, 2.45) is 0 Å². The first-order valence-electron chi connectivity index (χ1n) is 7.13. The number of halogens is 3. The maximum atomic E-state index is 12.3. The standard InChI is InChI=1S/C13H24F3N3O2/c1-9(2)19(6-10(3)20)12(21)17-11-4-5-18(7-11)8-13(14,15)16/h9-11,20H,4-8H2,1-3H3,(H,17,21). The Balaban J connectivity index is 2.48. The van der Waals surface area contributed by atoms with Gasteiger partial charge in [-0.05, 0) is 27.2 Å². The lowest BCUT2D eigenvalue weighted by molar-refractivity contribution is -0.143. The number of rotatable bonds is 5. The second-order valence-electron chi connectivity index (χ2n) is 5.88. The van der Waals surface area contributed by atoms with Crippen molar-refractivity contribution >= 4 is 6.03 Å². The van der Waals surface area contributed by atoms with Crippen LogP contribution in [0.25, 0.3) is 0 Å². The molecule has 0 aromatic heterocycles. The third-order valence-electron chi connectivity index (χ3n) is 3.35. The van der Waals surface area contributed by atoms with Gasteiger partial charge in [0.05, 0.1) is 12.6 Å². The lowest BCUT2D eigenvalue weighted by Gasteiger charge is -2.29. The van der Waals surface area contributed by atoms with Crippen molar-refractivity contribution in [2.45, 2.75) is 51.6 Å². The van der Waals surface area contributed by atoms with E-state index in [1.807, 2.05) is 13.8 Å². The van der Waals surface area contributed by atoms with Gasteiger partial charge in [0, 0.05) is 31.7 Å². The molecule has 8 heteroatoms. The molecule has 2 unspecified atom stereocenters. The van der Waals surface area contributed by atoms with Gasteiger partial charge in [-0.25, -0.2) is 4.79 Å². The van der Waals surface area contributed by atoms with Gasteiger partial charge >= 0.3 is 12.2 Å². The number of likely N-dealkylation sites (tertiary alicyclic amines) is 1. The van der Waals surface area contributed by atoms with Gasteiger partial charge in [-0.1, -0.05) is 0 Å². The quantitative estimate of drug-likeness (QED) is 0.807. The number of carbonyl (C=O) groups is 1. The maximum Gasteiger partial charge on any atom is 0.401 e. The van der Waals surface area contributed by atoms with Crippen LogP contribution >= 0.6 is 0 Å². The highest BCUT2D eigenvalue weighted by Gasteiger charge is 2.35. The maximum absolute atomic E-state index is 12.3. The second-order valence-corrected chi connectivity index (χ2v) is 5.88. The number of carbonyl (C=O) groups excluding carboxylic acids is 1. The van der Waals surface area contributed by atoms with E-state index in [0.717, 1.165) is 0 Å². The molecule has 0 spiro atoms. The molecule has 0 bridgehead atoms. The smallest absolute Gasteiger partial charge is 0.392 e. The molecule has 21 heavy (non-hydrogen) atoms. The van der Waals surface area contributed by atoms with Crippen molar-refractivity contribution in [3.63, 3.8) is 0 Å². The van der Waals surface area contributed by atoms with E-state index in [1.165, 1.54) is 9.80 Å². The monoisotopic (exact) mass is 311 g/mol. The fourth-order valence-electron chi connectivity index (χ4n) is 2.42. The van der Waals surface area contributed by atoms with Gasteiger partial charge in [0.25, 0.3) is 0 Å². The fraction of sp³-hybridized carbons (Fsp3) is 0.923. The first-order valence-corrected chi connectivity index (χ1v) is 7.13. The third-order valence-corrected chi connectivity index (χ3v) is 3.35. The molecule has 2 N–H and O–H groups in total. The summed E-state index contributed by atoms with van der Waals surface area (Å²) in [5, 5.41) is 12.1. The average Bonchev–Trinajstić information content (AvgIpc) is 2.69. The second kappa shape index (κ2) is 7.31. The molecule has 0 radical (unpaired) electrons. The number of hydrogen-bond acceptors (Lipinski definition) is 3. The van der Waals surface area contributed by atoms with E-state index < -0.39 is 18.8 Å². The molecule has 5 nitrogen and oxygen atoms in total. The number of aliphatic hydroxyl groups excluding tert-OH is 1. The lowest BCUT2D eigenvalue weighted by Crippen LogP contribution is -2.50. The van der Waals surface area contributed by atoms with Crippen molar-refractivity contribution < 1.29 is 23.1 Å². The van der Waals surface area contributed by atoms with Gasteiger partial charge in [-0.3, -0.25) is 4.90 Å². The number of aliphatic hydroxyl groups is 1. The molecule has 0 aromatic rings. The normalized spacial score (nSPS) is 21.6. The van der Waals surface area contributed by atoms with Crippen molar-refractivity contribution in [1.29, 1.82) is 0 Å². The van der Waals surface area contributed by atoms with Crippen LogP contribution in [0.5, 0.6) is 0 Å². The summed E-state index contributed by atoms with van der Waals surface area (Å²) in [6.45, 7) is 5.01. The van der Waals surface area contributed by atoms with Gasteiger partial charge in [-0.2, -0.15) is 13.2 Å². The predicted octanol–water partition coefficient (Wildman–Crippen LogP) is 1.42. The molecule has 2 amide bonds. The van der Waals surface area contributed by atoms with Crippen molar-refractivity contribution in [3.8, 4) is 0 Å². The van der Waals surface area contributed by atoms with Gasteiger partial charge in [0.15, 0.2) is 0 Å². The summed E-state index contributed by atoms with van der Waals surface area (Å²) in [7, 11) is 0. The Kier molecular flexibility index (Phi) is 6.27. The van der Waals surface area contributed by atoms with Gasteiger partial charge in [0.1, 0.15) is 0 Å². The summed E-state index contributed by atoms with van der Waals surface area (Å²) in [5.74, 6) is 0. The van der Waals surface area contributed by atoms with Crippen molar-refractivity contribution in [3.05, 3.63) is 0 Å². The summed E-state index contributed by atoms with van der Waals surface area (Å²) in [6.07, 6.45) is -4.36. The van der Waals surface area contributed by atoms with Crippen LogP contribution in [0.15, 0.2) is 0 Å². The van der Waals surface area contributed by atoms with Gasteiger partial charge in [0.2, 0.25) is 0 Å². The van der Waals surface area contributed by atoms with Crippen LogP contribution in [0.4, 0.5) is 18.0 Å². The number of hydrogen-bond donors (Lipinski definition) is 2. The highest BCUT2D eigenvalue weighted by Crippen LogP contribution is 2.20. The zero-order valence-electron chi connectivity index (χ0n) is 12.7. The minimum Gasteiger partial charge on any atom is -0.392 e. The largest absolute Gasteiger partial charge is 0.401 e. The van der Waals surface area contributed by atoms with Crippen LogP contribution in [0.2, 0.25) is 0 Å². The Hall–Kier alpha value is -1.02. The number of alkyl halides is 3. The van der Waals surface area contributed by atoms with Crippen LogP contribution in [0.1, 0.15) is 27.2 Å². The zero-order chi connectivity index (χ0) is 16.2. The molecule has 1 aliphatic heterocycles. The first-order chi connectivity index (χ1) is 9.58. The summed E-state index contributed by atoms with van der Waals surface area (Å²) < 4.78 is 36.9. The molecular weight excluding hydrogens is 287 g/mol. The third kappa shape index (κ3) is 6.52. The molecule has 1 fully saturated rings. The summed E-state index contributed by atoms with van der Waals surface area (Å²) in [4.78, 5) is 14.9. The topological polar surface area (TPSA) is 55.8 Å². The number of nitrogens with one attached hydrogen (secondary N) is 1. The molecule has 1 saturated heterocycles. The van der Waals surface area contributed by atoms with E-state index in [4.69, 9.17) is 0 Å². The molecule has 0 aromatic carbocycles.